The highest BCUT2D eigenvalue weighted by Gasteiger charge is 2.46. The molecule has 9 nitrogen and oxygen atoms in total. The van der Waals surface area contributed by atoms with Crippen molar-refractivity contribution in [2.45, 2.75) is 24.8 Å². The molecule has 1 saturated heterocycles. The van der Waals surface area contributed by atoms with Crippen LogP contribution in [0.5, 0.6) is 0 Å². The van der Waals surface area contributed by atoms with Gasteiger partial charge in [0, 0.05) is 24.8 Å². The van der Waals surface area contributed by atoms with E-state index >= 15 is 0 Å². The number of aromatic nitrogens is 2. The first-order valence-corrected chi connectivity index (χ1v) is 14.8. The number of nitrogens with one attached hydrogen (secondary N) is 1. The molecule has 2 heterocycles. The monoisotopic (exact) mass is 574 g/mol. The van der Waals surface area contributed by atoms with Gasteiger partial charge in [-0.05, 0) is 37.7 Å². The van der Waals surface area contributed by atoms with E-state index in [1.807, 2.05) is 54.6 Å². The zero-order valence-corrected chi connectivity index (χ0v) is 24.4. The van der Waals surface area contributed by atoms with Crippen LogP contribution in [0.25, 0.3) is 0 Å². The molecule has 3 atom stereocenters. The summed E-state index contributed by atoms with van der Waals surface area (Å²) in [5.41, 5.74) is 1.78. The Balaban J connectivity index is 1.70. The lowest BCUT2D eigenvalue weighted by atomic mass is 9.75. The standard InChI is InChI=1S/C31H35N4O5P/c1-23-19-35(30(37)32-29(23)36)28-21-34(20-27(40-28)22-39-41(38)33(2)3)31(24-13-7-4-8-14-24,25-15-9-5-10-16-25)26-17-11-6-12-18-26/h4-19,27-28,41H,20-22H2,1-3H3,(H,32,36,37)/t27-,28+/m0/s1. The van der Waals surface area contributed by atoms with E-state index in [1.54, 1.807) is 25.7 Å². The second kappa shape index (κ2) is 12.5. The first kappa shape index (κ1) is 28.9. The fourth-order valence-electron chi connectivity index (χ4n) is 5.52. The van der Waals surface area contributed by atoms with Crippen molar-refractivity contribution >= 4 is 8.18 Å². The molecule has 10 heteroatoms. The molecule has 214 valence electrons. The number of nitrogens with zero attached hydrogens (tertiary/aromatic N) is 3. The summed E-state index contributed by atoms with van der Waals surface area (Å²) in [6.07, 6.45) is 0.250. The van der Waals surface area contributed by atoms with Gasteiger partial charge in [-0.3, -0.25) is 23.8 Å². The number of aromatic amines is 1. The van der Waals surface area contributed by atoms with E-state index in [2.05, 4.69) is 46.3 Å². The second-order valence-electron chi connectivity index (χ2n) is 10.4. The Bertz CT molecular complexity index is 1500. The van der Waals surface area contributed by atoms with Gasteiger partial charge in [0.05, 0.1) is 18.2 Å². The Morgan fingerprint density at radius 3 is 1.90 bits per heavy atom. The van der Waals surface area contributed by atoms with Crippen molar-refractivity contribution in [1.29, 1.82) is 0 Å². The van der Waals surface area contributed by atoms with Gasteiger partial charge in [-0.15, -0.1) is 0 Å². The summed E-state index contributed by atoms with van der Waals surface area (Å²) < 4.78 is 27.7. The van der Waals surface area contributed by atoms with Crippen molar-refractivity contribution in [3.63, 3.8) is 0 Å². The van der Waals surface area contributed by atoms with E-state index in [4.69, 9.17) is 9.26 Å². The van der Waals surface area contributed by atoms with Crippen LogP contribution in [0.2, 0.25) is 0 Å². The lowest BCUT2D eigenvalue weighted by molar-refractivity contribution is -0.148. The molecular formula is C31H35N4O5P. The van der Waals surface area contributed by atoms with Gasteiger partial charge in [-0.2, -0.15) is 0 Å². The highest BCUT2D eigenvalue weighted by atomic mass is 31.1. The molecule has 1 aliphatic heterocycles. The van der Waals surface area contributed by atoms with Crippen molar-refractivity contribution < 1.29 is 13.8 Å². The molecule has 0 bridgehead atoms. The molecule has 0 aliphatic carbocycles. The molecular weight excluding hydrogens is 539 g/mol. The molecule has 4 aromatic rings. The lowest BCUT2D eigenvalue weighted by Crippen LogP contribution is -2.58. The first-order chi connectivity index (χ1) is 19.8. The third-order valence-electron chi connectivity index (χ3n) is 7.41. The number of H-pyrrole nitrogens is 1. The molecule has 3 aromatic carbocycles. The van der Waals surface area contributed by atoms with Gasteiger partial charge < -0.3 is 9.26 Å². The van der Waals surface area contributed by atoms with Gasteiger partial charge in [0.25, 0.3) is 13.7 Å². The lowest BCUT2D eigenvalue weighted by Gasteiger charge is -2.50. The molecule has 1 fully saturated rings. The van der Waals surface area contributed by atoms with E-state index in [0.717, 1.165) is 16.7 Å². The summed E-state index contributed by atoms with van der Waals surface area (Å²) in [6.45, 7) is 2.47. The van der Waals surface area contributed by atoms with Crippen molar-refractivity contribution in [3.8, 4) is 0 Å². The number of morpholine rings is 1. The summed E-state index contributed by atoms with van der Waals surface area (Å²) in [6, 6.07) is 30.7. The van der Waals surface area contributed by atoms with Crippen molar-refractivity contribution in [1.82, 2.24) is 19.1 Å². The number of rotatable bonds is 9. The fourth-order valence-corrected chi connectivity index (χ4v) is 6.10. The van der Waals surface area contributed by atoms with Crippen LogP contribution in [-0.4, -0.2) is 59.0 Å². The van der Waals surface area contributed by atoms with Gasteiger partial charge in [-0.25, -0.2) is 9.46 Å². The van der Waals surface area contributed by atoms with Crippen LogP contribution in [0.1, 0.15) is 28.5 Å². The Morgan fingerprint density at radius 2 is 1.41 bits per heavy atom. The van der Waals surface area contributed by atoms with Gasteiger partial charge >= 0.3 is 5.69 Å². The predicted octanol–water partition coefficient (Wildman–Crippen LogP) is 4.00. The normalized spacial score (nSPS) is 18.8. The maximum absolute atomic E-state index is 13.0. The SMILES string of the molecule is Cc1cn([C@H]2CN(C(c3ccccc3)(c3ccccc3)c3ccccc3)C[C@@H](CO[PH](=O)N(C)C)O2)c(=O)[nH]c1=O. The number of ether oxygens (including phenoxy) is 1. The van der Waals surface area contributed by atoms with E-state index < -0.39 is 37.3 Å². The third-order valence-corrected chi connectivity index (χ3v) is 8.56. The molecule has 1 unspecified atom stereocenters. The van der Waals surface area contributed by atoms with Crippen LogP contribution < -0.4 is 11.2 Å². The summed E-state index contributed by atoms with van der Waals surface area (Å²) >= 11 is 0. The molecule has 0 saturated carbocycles. The molecule has 1 aromatic heterocycles. The Kier molecular flexibility index (Phi) is 8.82. The van der Waals surface area contributed by atoms with Crippen molar-refractivity contribution in [2.75, 3.05) is 33.8 Å². The van der Waals surface area contributed by atoms with Crippen molar-refractivity contribution in [3.05, 3.63) is 140 Å². The number of benzene rings is 3. The van der Waals surface area contributed by atoms with Gasteiger partial charge in [-0.1, -0.05) is 91.0 Å². The molecule has 5 rings (SSSR count). The smallest absolute Gasteiger partial charge is 0.330 e. The fraction of sp³-hybridized carbons (Fsp3) is 0.290. The largest absolute Gasteiger partial charge is 0.350 e. The maximum atomic E-state index is 13.0. The van der Waals surface area contributed by atoms with Crippen LogP contribution >= 0.6 is 8.18 Å². The topological polar surface area (TPSA) is 96.9 Å². The maximum Gasteiger partial charge on any atom is 0.330 e. The average Bonchev–Trinajstić information content (AvgIpc) is 2.99. The van der Waals surface area contributed by atoms with Crippen molar-refractivity contribution in [2.24, 2.45) is 0 Å². The van der Waals surface area contributed by atoms with Gasteiger partial charge in [0.15, 0.2) is 6.23 Å². The molecule has 41 heavy (non-hydrogen) atoms. The number of hydrogen-bond donors (Lipinski definition) is 1. The van der Waals surface area contributed by atoms with E-state index in [-0.39, 0.29) is 6.61 Å². The van der Waals surface area contributed by atoms with Gasteiger partial charge in [0.1, 0.15) is 0 Å². The van der Waals surface area contributed by atoms with E-state index in [1.165, 1.54) is 10.8 Å². The highest BCUT2D eigenvalue weighted by Crippen LogP contribution is 2.44. The second-order valence-corrected chi connectivity index (χ2v) is 12.1. The predicted molar refractivity (Wildman–Crippen MR) is 159 cm³/mol. The Hall–Kier alpha value is -3.59. The number of hydrogen-bond acceptors (Lipinski definition) is 6. The summed E-state index contributed by atoms with van der Waals surface area (Å²) in [5.74, 6) is 0. The molecule has 1 aliphatic rings. The number of aryl methyl sites for hydroxylation is 1. The molecule has 0 spiro atoms. The summed E-state index contributed by atoms with van der Waals surface area (Å²) in [5, 5.41) is 0. The molecule has 0 radical (unpaired) electrons. The minimum absolute atomic E-state index is 0.0640. The zero-order valence-electron chi connectivity index (χ0n) is 23.4. The molecule has 1 N–H and O–H groups in total. The minimum atomic E-state index is -2.45. The quantitative estimate of drug-likeness (QED) is 0.238. The first-order valence-electron chi connectivity index (χ1n) is 13.5. The van der Waals surface area contributed by atoms with Gasteiger partial charge in [0.2, 0.25) is 0 Å². The Labute approximate surface area is 239 Å². The summed E-state index contributed by atoms with van der Waals surface area (Å²) in [7, 11) is 0.955. The van der Waals surface area contributed by atoms with Crippen LogP contribution in [0, 0.1) is 6.92 Å². The van der Waals surface area contributed by atoms with Crippen LogP contribution in [-0.2, 0) is 19.4 Å². The third kappa shape index (κ3) is 5.91. The molecule has 0 amide bonds. The highest BCUT2D eigenvalue weighted by molar-refractivity contribution is 7.36. The van der Waals surface area contributed by atoms with E-state index in [9.17, 15) is 14.2 Å². The van der Waals surface area contributed by atoms with Crippen LogP contribution in [0.3, 0.4) is 0 Å². The Morgan fingerprint density at radius 1 is 0.902 bits per heavy atom. The van der Waals surface area contributed by atoms with E-state index in [0.29, 0.717) is 18.7 Å². The summed E-state index contributed by atoms with van der Waals surface area (Å²) in [4.78, 5) is 29.9. The average molecular weight is 575 g/mol. The van der Waals surface area contributed by atoms with Crippen LogP contribution in [0.15, 0.2) is 107 Å². The van der Waals surface area contributed by atoms with Crippen LogP contribution in [0.4, 0.5) is 0 Å². The zero-order chi connectivity index (χ0) is 29.0. The minimum Gasteiger partial charge on any atom is -0.350 e.